The summed E-state index contributed by atoms with van der Waals surface area (Å²) in [6.07, 6.45) is 11.0. The molecule has 0 radical (unpaired) electrons. The van der Waals surface area contributed by atoms with E-state index in [1.807, 2.05) is 6.07 Å². The molecule has 0 spiro atoms. The molecular weight excluding hydrogens is 362 g/mol. The number of aromatic nitrogens is 3. The third kappa shape index (κ3) is 3.55. The largest absolute Gasteiger partial charge is 0.497 e. The van der Waals surface area contributed by atoms with Crippen LogP contribution in [0.1, 0.15) is 31.2 Å². The third-order valence-corrected chi connectivity index (χ3v) is 6.09. The fraction of sp³-hybridized carbons (Fsp3) is 0.391. The van der Waals surface area contributed by atoms with Crippen LogP contribution in [0.4, 0.5) is 11.6 Å². The maximum atomic E-state index is 5.41. The van der Waals surface area contributed by atoms with Crippen LogP contribution in [0.5, 0.6) is 5.75 Å². The maximum absolute atomic E-state index is 5.41. The third-order valence-electron chi connectivity index (χ3n) is 6.09. The van der Waals surface area contributed by atoms with E-state index in [0.29, 0.717) is 0 Å². The van der Waals surface area contributed by atoms with Crippen molar-refractivity contribution >= 4 is 28.1 Å². The molecule has 29 heavy (non-hydrogen) atoms. The Morgan fingerprint density at radius 3 is 2.55 bits per heavy atom. The number of piperidine rings is 1. The van der Waals surface area contributed by atoms with Crippen molar-refractivity contribution in [3.05, 3.63) is 48.4 Å². The quantitative estimate of drug-likeness (QED) is 0.723. The first-order valence-electron chi connectivity index (χ1n) is 10.5. The van der Waals surface area contributed by atoms with E-state index in [-0.39, 0.29) is 0 Å². The fourth-order valence-corrected chi connectivity index (χ4v) is 4.42. The van der Waals surface area contributed by atoms with Gasteiger partial charge in [0.2, 0.25) is 0 Å². The first kappa shape index (κ1) is 18.0. The summed E-state index contributed by atoms with van der Waals surface area (Å²) in [6, 6.07) is 8.34. The van der Waals surface area contributed by atoms with Gasteiger partial charge >= 0.3 is 0 Å². The van der Waals surface area contributed by atoms with Crippen molar-refractivity contribution in [3.8, 4) is 5.75 Å². The number of H-pyrrole nitrogens is 1. The average Bonchev–Trinajstić information content (AvgIpc) is 3.23. The van der Waals surface area contributed by atoms with E-state index in [1.54, 1.807) is 13.4 Å². The number of rotatable bonds is 4. The number of ether oxygens (including phenoxy) is 1. The molecule has 1 saturated heterocycles. The minimum atomic E-state index is 0.864. The lowest BCUT2D eigenvalue weighted by Gasteiger charge is -2.30. The Morgan fingerprint density at radius 1 is 0.966 bits per heavy atom. The number of fused-ring (bicyclic) bond motifs is 1. The molecule has 0 atom stereocenters. The van der Waals surface area contributed by atoms with E-state index in [4.69, 9.17) is 4.74 Å². The van der Waals surface area contributed by atoms with E-state index in [0.717, 1.165) is 55.5 Å². The Morgan fingerprint density at radius 2 is 1.79 bits per heavy atom. The minimum absolute atomic E-state index is 0.864. The Hall–Kier alpha value is -3.02. The summed E-state index contributed by atoms with van der Waals surface area (Å²) in [5.74, 6) is 2.98. The highest BCUT2D eigenvalue weighted by Gasteiger charge is 2.19. The summed E-state index contributed by atoms with van der Waals surface area (Å²) >= 11 is 0. The number of benzene rings is 1. The molecule has 1 fully saturated rings. The van der Waals surface area contributed by atoms with Crippen molar-refractivity contribution in [3.63, 3.8) is 0 Å². The number of nitrogens with zero attached hydrogens (tertiary/aromatic N) is 4. The summed E-state index contributed by atoms with van der Waals surface area (Å²) in [6.45, 7) is 4.02. The molecule has 5 rings (SSSR count). The maximum Gasteiger partial charge on any atom is 0.134 e. The molecule has 0 aliphatic carbocycles. The lowest BCUT2D eigenvalue weighted by Crippen LogP contribution is -2.32. The molecule has 6 nitrogen and oxygen atoms in total. The number of hydrogen-bond donors (Lipinski definition) is 1. The van der Waals surface area contributed by atoms with Crippen molar-refractivity contribution in [1.29, 1.82) is 0 Å². The SMILES string of the molecule is COc1ccc2[nH]cc(C3=CCN(c4cc(N5CCCCC5)ncn4)CC3)c2c1. The van der Waals surface area contributed by atoms with Crippen LogP contribution in [-0.4, -0.2) is 48.2 Å². The zero-order valence-electron chi connectivity index (χ0n) is 16.9. The van der Waals surface area contributed by atoms with Crippen LogP contribution in [0.25, 0.3) is 16.5 Å². The van der Waals surface area contributed by atoms with Gasteiger partial charge in [0.25, 0.3) is 0 Å². The van der Waals surface area contributed by atoms with Gasteiger partial charge in [-0.1, -0.05) is 6.08 Å². The lowest BCUT2D eigenvalue weighted by atomic mass is 9.99. The molecule has 3 aromatic rings. The summed E-state index contributed by atoms with van der Waals surface area (Å²) in [4.78, 5) is 17.2. The highest BCUT2D eigenvalue weighted by atomic mass is 16.5. The predicted octanol–water partition coefficient (Wildman–Crippen LogP) is 4.25. The van der Waals surface area contributed by atoms with E-state index in [2.05, 4.69) is 55.2 Å². The fourth-order valence-electron chi connectivity index (χ4n) is 4.42. The standard InChI is InChI=1S/C23H27N5O/c1-29-18-5-6-21-19(13-18)20(15-24-21)17-7-11-28(12-8-17)23-14-22(25-16-26-23)27-9-3-2-4-10-27/h5-7,13-16,24H,2-4,8-12H2,1H3. The molecule has 6 heteroatoms. The second kappa shape index (κ2) is 7.78. The van der Waals surface area contributed by atoms with Gasteiger partial charge in [0.15, 0.2) is 0 Å². The van der Waals surface area contributed by atoms with Gasteiger partial charge in [-0.05, 0) is 49.5 Å². The monoisotopic (exact) mass is 389 g/mol. The molecule has 150 valence electrons. The second-order valence-corrected chi connectivity index (χ2v) is 7.82. The van der Waals surface area contributed by atoms with Crippen molar-refractivity contribution in [1.82, 2.24) is 15.0 Å². The summed E-state index contributed by atoms with van der Waals surface area (Å²) in [5, 5.41) is 1.22. The zero-order chi connectivity index (χ0) is 19.6. The topological polar surface area (TPSA) is 57.3 Å². The van der Waals surface area contributed by atoms with Crippen molar-refractivity contribution in [2.24, 2.45) is 0 Å². The normalized spacial score (nSPS) is 17.5. The van der Waals surface area contributed by atoms with Crippen molar-refractivity contribution < 1.29 is 4.74 Å². The van der Waals surface area contributed by atoms with Gasteiger partial charge in [-0.2, -0.15) is 0 Å². The molecule has 0 saturated carbocycles. The van der Waals surface area contributed by atoms with Crippen LogP contribution in [0.3, 0.4) is 0 Å². The average molecular weight is 390 g/mol. The Kier molecular flexibility index (Phi) is 4.84. The number of anilines is 2. The molecule has 2 aliphatic heterocycles. The molecule has 0 amide bonds. The highest BCUT2D eigenvalue weighted by Crippen LogP contribution is 2.32. The van der Waals surface area contributed by atoms with Crippen LogP contribution in [0, 0.1) is 0 Å². The number of nitrogens with one attached hydrogen (secondary N) is 1. The molecule has 1 N–H and O–H groups in total. The van der Waals surface area contributed by atoms with Gasteiger partial charge in [0, 0.05) is 54.9 Å². The Labute approximate surface area is 171 Å². The van der Waals surface area contributed by atoms with Crippen LogP contribution in [0.2, 0.25) is 0 Å². The second-order valence-electron chi connectivity index (χ2n) is 7.82. The lowest BCUT2D eigenvalue weighted by molar-refractivity contribution is 0.415. The van der Waals surface area contributed by atoms with Crippen LogP contribution in [0.15, 0.2) is 42.9 Å². The van der Waals surface area contributed by atoms with Gasteiger partial charge in [-0.25, -0.2) is 9.97 Å². The zero-order valence-corrected chi connectivity index (χ0v) is 16.9. The van der Waals surface area contributed by atoms with Crippen LogP contribution >= 0.6 is 0 Å². The van der Waals surface area contributed by atoms with Crippen molar-refractivity contribution in [2.45, 2.75) is 25.7 Å². The van der Waals surface area contributed by atoms with Gasteiger partial charge < -0.3 is 19.5 Å². The molecule has 2 aromatic heterocycles. The van der Waals surface area contributed by atoms with Gasteiger partial charge in [0.05, 0.1) is 7.11 Å². The van der Waals surface area contributed by atoms with E-state index >= 15 is 0 Å². The molecule has 1 aromatic carbocycles. The molecule has 0 unspecified atom stereocenters. The van der Waals surface area contributed by atoms with Crippen LogP contribution < -0.4 is 14.5 Å². The van der Waals surface area contributed by atoms with Crippen molar-refractivity contribution in [2.75, 3.05) is 43.1 Å². The van der Waals surface area contributed by atoms with Gasteiger partial charge in [0.1, 0.15) is 23.7 Å². The van der Waals surface area contributed by atoms with Gasteiger partial charge in [-0.3, -0.25) is 0 Å². The number of aromatic amines is 1. The highest BCUT2D eigenvalue weighted by molar-refractivity contribution is 5.93. The summed E-state index contributed by atoms with van der Waals surface area (Å²) in [7, 11) is 1.71. The summed E-state index contributed by atoms with van der Waals surface area (Å²) < 4.78 is 5.41. The Bertz CT molecular complexity index is 1030. The Balaban J connectivity index is 1.36. The molecular formula is C23H27N5O. The first-order valence-corrected chi connectivity index (χ1v) is 10.5. The molecule has 0 bridgehead atoms. The smallest absolute Gasteiger partial charge is 0.134 e. The van der Waals surface area contributed by atoms with E-state index in [9.17, 15) is 0 Å². The van der Waals surface area contributed by atoms with Crippen LogP contribution in [-0.2, 0) is 0 Å². The minimum Gasteiger partial charge on any atom is -0.497 e. The van der Waals surface area contributed by atoms with Gasteiger partial charge in [-0.15, -0.1) is 0 Å². The predicted molar refractivity (Wildman–Crippen MR) is 118 cm³/mol. The molecule has 2 aliphatic rings. The summed E-state index contributed by atoms with van der Waals surface area (Å²) in [5.41, 5.74) is 3.80. The first-order chi connectivity index (χ1) is 14.3. The van der Waals surface area contributed by atoms with E-state index < -0.39 is 0 Å². The molecule has 4 heterocycles. The number of hydrogen-bond acceptors (Lipinski definition) is 5. The van der Waals surface area contributed by atoms with E-state index in [1.165, 1.54) is 35.8 Å². The number of methoxy groups -OCH3 is 1.